The molecule has 0 heterocycles. The normalized spacial score (nSPS) is 14.1. The maximum Gasteiger partial charge on any atom is 0.123 e. The molecule has 1 atom stereocenters. The molecule has 0 radical (unpaired) electrons. The fourth-order valence-electron chi connectivity index (χ4n) is 8.87. The van der Waals surface area contributed by atoms with Gasteiger partial charge in [0, 0.05) is 22.5 Å². The van der Waals surface area contributed by atoms with Crippen LogP contribution in [0, 0.1) is 5.82 Å². The van der Waals surface area contributed by atoms with E-state index >= 15 is 4.39 Å². The summed E-state index contributed by atoms with van der Waals surface area (Å²) in [6.45, 7) is 2.26. The summed E-state index contributed by atoms with van der Waals surface area (Å²) in [4.78, 5) is 2.34. The van der Waals surface area contributed by atoms with E-state index in [9.17, 15) is 0 Å². The van der Waals surface area contributed by atoms with Crippen LogP contribution in [-0.4, -0.2) is 0 Å². The van der Waals surface area contributed by atoms with Crippen molar-refractivity contribution in [3.63, 3.8) is 0 Å². The number of rotatable bonds is 8. The lowest BCUT2D eigenvalue weighted by molar-refractivity contribution is 0.616. The minimum Gasteiger partial charge on any atom is -0.310 e. The summed E-state index contributed by atoms with van der Waals surface area (Å²) in [5, 5.41) is 0. The number of halogens is 1. The fourth-order valence-corrected chi connectivity index (χ4v) is 8.87. The van der Waals surface area contributed by atoms with Crippen molar-refractivity contribution in [2.45, 2.75) is 12.3 Å². The Balaban J connectivity index is 1.15. The van der Waals surface area contributed by atoms with Crippen LogP contribution in [0.3, 0.4) is 0 Å². The van der Waals surface area contributed by atoms with Crippen molar-refractivity contribution >= 4 is 17.1 Å². The lowest BCUT2D eigenvalue weighted by Gasteiger charge is -2.31. The van der Waals surface area contributed by atoms with Crippen LogP contribution in [0.1, 0.15) is 23.6 Å². The van der Waals surface area contributed by atoms with Crippen molar-refractivity contribution in [3.05, 3.63) is 247 Å². The highest BCUT2D eigenvalue weighted by Gasteiger charge is 2.42. The van der Waals surface area contributed by atoms with Crippen molar-refractivity contribution in [1.82, 2.24) is 0 Å². The minimum atomic E-state index is -0.629. The maximum absolute atomic E-state index is 15.2. The largest absolute Gasteiger partial charge is 0.310 e. The molecule has 0 saturated heterocycles. The Kier molecular flexibility index (Phi) is 8.88. The Bertz CT molecular complexity index is 2800. The molecule has 0 saturated carbocycles. The van der Waals surface area contributed by atoms with Gasteiger partial charge >= 0.3 is 0 Å². The van der Waals surface area contributed by atoms with E-state index in [-0.39, 0.29) is 5.82 Å². The van der Waals surface area contributed by atoms with Crippen LogP contribution in [0.2, 0.25) is 0 Å². The molecule has 1 nitrogen and oxygen atoms in total. The van der Waals surface area contributed by atoms with Gasteiger partial charge in [-0.25, -0.2) is 4.39 Å². The number of hydrogen-bond acceptors (Lipinski definition) is 1. The van der Waals surface area contributed by atoms with Crippen molar-refractivity contribution < 1.29 is 4.39 Å². The van der Waals surface area contributed by atoms with Crippen LogP contribution in [0.5, 0.6) is 0 Å². The summed E-state index contributed by atoms with van der Waals surface area (Å²) in [7, 11) is 0. The van der Waals surface area contributed by atoms with Crippen LogP contribution >= 0.6 is 0 Å². The van der Waals surface area contributed by atoms with E-state index in [1.807, 2.05) is 18.2 Å². The van der Waals surface area contributed by atoms with E-state index in [0.29, 0.717) is 0 Å². The smallest absolute Gasteiger partial charge is 0.123 e. The third-order valence-electron chi connectivity index (χ3n) is 11.8. The molecule has 10 rings (SSSR count). The van der Waals surface area contributed by atoms with Crippen LogP contribution in [0.4, 0.5) is 21.5 Å². The van der Waals surface area contributed by atoms with E-state index in [1.165, 1.54) is 39.4 Å². The quantitative estimate of drug-likeness (QED) is 0.150. The second-order valence-electron chi connectivity index (χ2n) is 15.2. The van der Waals surface area contributed by atoms with Gasteiger partial charge in [0.2, 0.25) is 0 Å². The zero-order chi connectivity index (χ0) is 39.1. The Morgan fingerprint density at radius 2 is 0.828 bits per heavy atom. The van der Waals surface area contributed by atoms with Gasteiger partial charge in [-0.2, -0.15) is 0 Å². The lowest BCUT2D eigenvalue weighted by atomic mass is 9.74. The van der Waals surface area contributed by atoms with Crippen LogP contribution in [0.15, 0.2) is 224 Å². The topological polar surface area (TPSA) is 3.24 Å². The molecule has 1 aliphatic carbocycles. The van der Waals surface area contributed by atoms with E-state index in [1.54, 1.807) is 6.07 Å². The summed E-state index contributed by atoms with van der Waals surface area (Å²) in [6, 6.07) is 78.6. The first-order chi connectivity index (χ1) is 28.5. The van der Waals surface area contributed by atoms with Crippen LogP contribution < -0.4 is 4.90 Å². The molecule has 0 N–H and O–H groups in total. The van der Waals surface area contributed by atoms with Gasteiger partial charge in [-0.1, -0.05) is 170 Å². The molecule has 58 heavy (non-hydrogen) atoms. The molecule has 1 unspecified atom stereocenters. The van der Waals surface area contributed by atoms with Gasteiger partial charge in [0.25, 0.3) is 0 Å². The molecule has 1 aliphatic rings. The molecule has 0 spiro atoms. The van der Waals surface area contributed by atoms with Gasteiger partial charge < -0.3 is 4.90 Å². The van der Waals surface area contributed by atoms with E-state index in [4.69, 9.17) is 0 Å². The van der Waals surface area contributed by atoms with Gasteiger partial charge in [0.15, 0.2) is 0 Å². The second-order valence-corrected chi connectivity index (χ2v) is 15.2. The van der Waals surface area contributed by atoms with Crippen molar-refractivity contribution in [2.24, 2.45) is 0 Å². The maximum atomic E-state index is 15.2. The Hall–Kier alpha value is -7.29. The molecule has 276 valence electrons. The van der Waals surface area contributed by atoms with Crippen LogP contribution in [-0.2, 0) is 5.41 Å². The Labute approximate surface area is 340 Å². The van der Waals surface area contributed by atoms with Crippen LogP contribution in [0.25, 0.3) is 55.6 Å². The molecule has 0 bridgehead atoms. The number of hydrogen-bond donors (Lipinski definition) is 0. The van der Waals surface area contributed by atoms with Gasteiger partial charge in [-0.15, -0.1) is 0 Å². The third-order valence-corrected chi connectivity index (χ3v) is 11.8. The molecule has 9 aromatic carbocycles. The first-order valence-corrected chi connectivity index (χ1v) is 19.9. The van der Waals surface area contributed by atoms with Crippen molar-refractivity contribution in [2.75, 3.05) is 4.90 Å². The number of fused-ring (bicyclic) bond motifs is 3. The minimum absolute atomic E-state index is 0.241. The molecule has 0 fully saturated rings. The molecule has 0 amide bonds. The van der Waals surface area contributed by atoms with Gasteiger partial charge in [0.1, 0.15) is 5.82 Å². The zero-order valence-electron chi connectivity index (χ0n) is 32.2. The molecular weight excluding hydrogens is 706 g/mol. The molecule has 9 aromatic rings. The average molecular weight is 746 g/mol. The predicted octanol–water partition coefficient (Wildman–Crippen LogP) is 15.3. The fraction of sp³-hybridized carbons (Fsp3) is 0.0357. The highest BCUT2D eigenvalue weighted by molar-refractivity contribution is 5.96. The van der Waals surface area contributed by atoms with Gasteiger partial charge in [0.05, 0.1) is 0 Å². The summed E-state index contributed by atoms with van der Waals surface area (Å²) < 4.78 is 15.2. The average Bonchev–Trinajstić information content (AvgIpc) is 3.56. The number of anilines is 3. The Morgan fingerprint density at radius 3 is 1.41 bits per heavy atom. The van der Waals surface area contributed by atoms with Gasteiger partial charge in [-0.05, 0) is 134 Å². The number of nitrogens with zero attached hydrogens (tertiary/aromatic N) is 1. The highest BCUT2D eigenvalue weighted by atomic mass is 19.1. The standard InChI is InChI=1S/C56H40FN/c1-56(46-22-12-23-47(57)37-46)53-25-13-24-51(45-21-11-20-44(36-45)41-18-9-4-10-19-41)55(53)52-35-34-50(38-54(52)56)58(48-30-26-42(27-31-48)39-14-5-2-6-15-39)49-32-28-43(29-33-49)40-16-7-3-8-17-40/h2-38H,1H3. The second kappa shape index (κ2) is 14.7. The summed E-state index contributed by atoms with van der Waals surface area (Å²) in [5.41, 5.74) is 17.4. The van der Waals surface area contributed by atoms with Crippen molar-refractivity contribution in [1.29, 1.82) is 0 Å². The summed E-state index contributed by atoms with van der Waals surface area (Å²) >= 11 is 0. The lowest BCUT2D eigenvalue weighted by Crippen LogP contribution is -2.23. The van der Waals surface area contributed by atoms with E-state index < -0.39 is 5.41 Å². The number of benzene rings is 9. The van der Waals surface area contributed by atoms with E-state index in [2.05, 4.69) is 206 Å². The van der Waals surface area contributed by atoms with Gasteiger partial charge in [-0.3, -0.25) is 0 Å². The molecular formula is C56H40FN. The predicted molar refractivity (Wildman–Crippen MR) is 240 cm³/mol. The van der Waals surface area contributed by atoms with E-state index in [0.717, 1.165) is 56.0 Å². The molecule has 0 aliphatic heterocycles. The first-order valence-electron chi connectivity index (χ1n) is 19.9. The SMILES string of the molecule is CC1(c2cccc(F)c2)c2cc(N(c3ccc(-c4ccccc4)cc3)c3ccc(-c4ccccc4)cc3)ccc2-c2c(-c3cccc(-c4ccccc4)c3)cccc21. The summed E-state index contributed by atoms with van der Waals surface area (Å²) in [6.07, 6.45) is 0. The third kappa shape index (κ3) is 6.20. The highest BCUT2D eigenvalue weighted by Crippen LogP contribution is 2.56. The zero-order valence-corrected chi connectivity index (χ0v) is 32.2. The first kappa shape index (κ1) is 35.1. The molecule has 2 heteroatoms. The monoisotopic (exact) mass is 745 g/mol. The summed E-state index contributed by atoms with van der Waals surface area (Å²) in [5.74, 6) is -0.241. The van der Waals surface area contributed by atoms with Crippen molar-refractivity contribution in [3.8, 4) is 55.6 Å². The molecule has 0 aromatic heterocycles. The Morgan fingerprint density at radius 1 is 0.345 bits per heavy atom.